The molecule has 0 saturated heterocycles. The van der Waals surface area contributed by atoms with Crippen molar-refractivity contribution in [3.8, 4) is 0 Å². The quantitative estimate of drug-likeness (QED) is 0.634. The summed E-state index contributed by atoms with van der Waals surface area (Å²) in [7, 11) is 0. The highest BCUT2D eigenvalue weighted by molar-refractivity contribution is 5.93. The molecule has 0 aliphatic heterocycles. The Morgan fingerprint density at radius 3 is 2.36 bits per heavy atom. The van der Waals surface area contributed by atoms with Crippen LogP contribution in [0.4, 0.5) is 5.69 Å². The maximum Gasteiger partial charge on any atom is 0.251 e. The fourth-order valence-corrected chi connectivity index (χ4v) is 2.07. The molecule has 5 heteroatoms. The molecule has 2 N–H and O–H groups in total. The van der Waals surface area contributed by atoms with Crippen molar-refractivity contribution in [3.63, 3.8) is 0 Å². The van der Waals surface area contributed by atoms with Gasteiger partial charge in [-0.3, -0.25) is 4.79 Å². The van der Waals surface area contributed by atoms with Gasteiger partial charge in [0.15, 0.2) is 12.4 Å². The molecular weight excluding hydrogens is 278 g/mol. The zero-order chi connectivity index (χ0) is 15.9. The normalized spacial score (nSPS) is 12.0. The molecule has 0 radical (unpaired) electrons. The van der Waals surface area contributed by atoms with Crippen LogP contribution < -0.4 is 15.4 Å². The summed E-state index contributed by atoms with van der Waals surface area (Å²) >= 11 is 0. The SMILES string of the molecule is CC(C)[C@H](CNC(=O)c1cc[n+]([O-])cc1)Nc1ccccc1. The average Bonchev–Trinajstić information content (AvgIpc) is 2.52. The third kappa shape index (κ3) is 4.48. The fraction of sp³-hybridized carbons (Fsp3) is 0.294. The first-order chi connectivity index (χ1) is 10.6. The molecule has 0 unspecified atom stereocenters. The minimum atomic E-state index is -0.180. The van der Waals surface area contributed by atoms with Crippen LogP contribution in [0.5, 0.6) is 0 Å². The molecule has 0 spiro atoms. The largest absolute Gasteiger partial charge is 0.619 e. The zero-order valence-electron chi connectivity index (χ0n) is 12.8. The molecule has 2 aromatic rings. The molecule has 0 fully saturated rings. The molecule has 116 valence electrons. The highest BCUT2D eigenvalue weighted by Gasteiger charge is 2.15. The Kier molecular flexibility index (Phi) is 5.36. The summed E-state index contributed by atoms with van der Waals surface area (Å²) in [5.74, 6) is 0.182. The van der Waals surface area contributed by atoms with Gasteiger partial charge in [0.1, 0.15) is 0 Å². The number of pyridine rings is 1. The van der Waals surface area contributed by atoms with E-state index in [4.69, 9.17) is 0 Å². The second-order valence-corrected chi connectivity index (χ2v) is 5.52. The fourth-order valence-electron chi connectivity index (χ4n) is 2.07. The number of nitrogens with zero attached hydrogens (tertiary/aromatic N) is 1. The first kappa shape index (κ1) is 15.8. The molecule has 22 heavy (non-hydrogen) atoms. The van der Waals surface area contributed by atoms with Crippen molar-refractivity contribution in [2.24, 2.45) is 5.92 Å². The molecule has 1 aromatic carbocycles. The number of aromatic nitrogens is 1. The second kappa shape index (κ2) is 7.45. The van der Waals surface area contributed by atoms with Crippen LogP contribution in [0.2, 0.25) is 0 Å². The van der Waals surface area contributed by atoms with E-state index >= 15 is 0 Å². The van der Waals surface area contributed by atoms with E-state index in [1.54, 1.807) is 0 Å². The Morgan fingerprint density at radius 1 is 1.14 bits per heavy atom. The number of hydrogen-bond acceptors (Lipinski definition) is 3. The molecule has 5 nitrogen and oxygen atoms in total. The van der Waals surface area contributed by atoms with E-state index in [0.717, 1.165) is 5.69 Å². The Bertz CT molecular complexity index is 597. The van der Waals surface area contributed by atoms with Gasteiger partial charge >= 0.3 is 0 Å². The maximum atomic E-state index is 12.1. The number of nitrogens with one attached hydrogen (secondary N) is 2. The number of amides is 1. The smallest absolute Gasteiger partial charge is 0.251 e. The number of anilines is 1. The second-order valence-electron chi connectivity index (χ2n) is 5.52. The summed E-state index contributed by atoms with van der Waals surface area (Å²) in [5.41, 5.74) is 1.51. The van der Waals surface area contributed by atoms with Gasteiger partial charge in [0.25, 0.3) is 5.91 Å². The van der Waals surface area contributed by atoms with Crippen LogP contribution in [0.25, 0.3) is 0 Å². The van der Waals surface area contributed by atoms with Crippen LogP contribution >= 0.6 is 0 Å². The van der Waals surface area contributed by atoms with Crippen molar-refractivity contribution in [1.29, 1.82) is 0 Å². The number of benzene rings is 1. The summed E-state index contributed by atoms with van der Waals surface area (Å²) in [5, 5.41) is 17.3. The van der Waals surface area contributed by atoms with Crippen LogP contribution in [0.3, 0.4) is 0 Å². The minimum absolute atomic E-state index is 0.125. The van der Waals surface area contributed by atoms with Crippen LogP contribution in [0.1, 0.15) is 24.2 Å². The molecule has 0 saturated carbocycles. The Hall–Kier alpha value is -2.56. The predicted octanol–water partition coefficient (Wildman–Crippen LogP) is 2.19. The summed E-state index contributed by atoms with van der Waals surface area (Å²) in [6.07, 6.45) is 2.63. The van der Waals surface area contributed by atoms with E-state index in [1.165, 1.54) is 24.5 Å². The van der Waals surface area contributed by atoms with Gasteiger partial charge in [0, 0.05) is 30.4 Å². The summed E-state index contributed by atoms with van der Waals surface area (Å²) in [4.78, 5) is 12.1. The van der Waals surface area contributed by atoms with Crippen molar-refractivity contribution in [1.82, 2.24) is 5.32 Å². The minimum Gasteiger partial charge on any atom is -0.619 e. The van der Waals surface area contributed by atoms with Gasteiger partial charge in [-0.2, -0.15) is 4.73 Å². The molecule has 0 aliphatic carbocycles. The van der Waals surface area contributed by atoms with Gasteiger partial charge in [-0.1, -0.05) is 32.0 Å². The molecule has 1 amide bonds. The number of para-hydroxylation sites is 1. The number of hydrogen-bond donors (Lipinski definition) is 2. The van der Waals surface area contributed by atoms with Gasteiger partial charge in [-0.25, -0.2) is 0 Å². The van der Waals surface area contributed by atoms with Crippen LogP contribution in [-0.2, 0) is 0 Å². The lowest BCUT2D eigenvalue weighted by atomic mass is 10.0. The van der Waals surface area contributed by atoms with E-state index < -0.39 is 0 Å². The molecular formula is C17H21N3O2. The van der Waals surface area contributed by atoms with E-state index in [9.17, 15) is 10.0 Å². The Morgan fingerprint density at radius 2 is 1.77 bits per heavy atom. The Labute approximate surface area is 130 Å². The lowest BCUT2D eigenvalue weighted by Gasteiger charge is -2.24. The standard InChI is InChI=1S/C17H21N3O2/c1-13(2)16(19-15-6-4-3-5-7-15)12-18-17(21)14-8-10-20(22)11-9-14/h3-11,13,16,19H,12H2,1-2H3,(H,18,21)/t16-/m0/s1. The first-order valence-electron chi connectivity index (χ1n) is 7.35. The summed E-state index contributed by atoms with van der Waals surface area (Å²) in [6.45, 7) is 4.73. The Balaban J connectivity index is 1.94. The molecule has 1 atom stereocenters. The molecule has 0 aliphatic rings. The van der Waals surface area contributed by atoms with Gasteiger partial charge in [0.05, 0.1) is 5.56 Å². The van der Waals surface area contributed by atoms with Crippen molar-refractivity contribution < 1.29 is 9.52 Å². The molecule has 0 bridgehead atoms. The van der Waals surface area contributed by atoms with Crippen molar-refractivity contribution in [3.05, 3.63) is 65.6 Å². The average molecular weight is 299 g/mol. The lowest BCUT2D eigenvalue weighted by molar-refractivity contribution is -0.605. The van der Waals surface area contributed by atoms with E-state index in [-0.39, 0.29) is 11.9 Å². The van der Waals surface area contributed by atoms with E-state index in [1.807, 2.05) is 30.3 Å². The van der Waals surface area contributed by atoms with Gasteiger partial charge in [-0.05, 0) is 18.1 Å². The summed E-state index contributed by atoms with van der Waals surface area (Å²) in [6, 6.07) is 13.1. The monoisotopic (exact) mass is 299 g/mol. The zero-order valence-corrected chi connectivity index (χ0v) is 12.8. The topological polar surface area (TPSA) is 68.1 Å². The predicted molar refractivity (Wildman–Crippen MR) is 86.4 cm³/mol. The maximum absolute atomic E-state index is 12.1. The third-order valence-electron chi connectivity index (χ3n) is 3.48. The molecule has 1 heterocycles. The highest BCUT2D eigenvalue weighted by atomic mass is 16.5. The first-order valence-corrected chi connectivity index (χ1v) is 7.35. The van der Waals surface area contributed by atoms with E-state index in [0.29, 0.717) is 22.8 Å². The van der Waals surface area contributed by atoms with Crippen LogP contribution in [-0.4, -0.2) is 18.5 Å². The third-order valence-corrected chi connectivity index (χ3v) is 3.48. The molecule has 1 aromatic heterocycles. The van der Waals surface area contributed by atoms with Crippen molar-refractivity contribution in [2.75, 3.05) is 11.9 Å². The van der Waals surface area contributed by atoms with Crippen molar-refractivity contribution >= 4 is 11.6 Å². The van der Waals surface area contributed by atoms with Gasteiger partial charge in [-0.15, -0.1) is 0 Å². The number of carbonyl (C=O) groups is 1. The van der Waals surface area contributed by atoms with Crippen LogP contribution in [0.15, 0.2) is 54.9 Å². The molecule has 2 rings (SSSR count). The van der Waals surface area contributed by atoms with E-state index in [2.05, 4.69) is 24.5 Å². The van der Waals surface area contributed by atoms with Gasteiger partial charge < -0.3 is 15.8 Å². The van der Waals surface area contributed by atoms with Gasteiger partial charge in [0.2, 0.25) is 0 Å². The highest BCUT2D eigenvalue weighted by Crippen LogP contribution is 2.12. The lowest BCUT2D eigenvalue weighted by Crippen LogP contribution is -2.39. The van der Waals surface area contributed by atoms with Crippen molar-refractivity contribution in [2.45, 2.75) is 19.9 Å². The summed E-state index contributed by atoms with van der Waals surface area (Å²) < 4.78 is 0.657. The van der Waals surface area contributed by atoms with Crippen LogP contribution in [0, 0.1) is 11.1 Å². The number of carbonyl (C=O) groups excluding carboxylic acids is 1. The number of rotatable bonds is 6.